The lowest BCUT2D eigenvalue weighted by molar-refractivity contribution is 0.0928. The Balaban J connectivity index is 1.93. The lowest BCUT2D eigenvalue weighted by atomic mass is 10.1. The van der Waals surface area contributed by atoms with Gasteiger partial charge in [-0.1, -0.05) is 0 Å². The number of aromatic nitrogens is 1. The lowest BCUT2D eigenvalue weighted by Gasteiger charge is -2.30. The van der Waals surface area contributed by atoms with Crippen LogP contribution in [0.15, 0.2) is 12.1 Å². The maximum Gasteiger partial charge on any atom is 0.268 e. The van der Waals surface area contributed by atoms with Gasteiger partial charge in [0.1, 0.15) is 11.5 Å². The molecule has 0 radical (unpaired) electrons. The van der Waals surface area contributed by atoms with Crippen LogP contribution in [-0.2, 0) is 16.4 Å². The third-order valence-corrected chi connectivity index (χ3v) is 6.48. The fraction of sp³-hybridized carbons (Fsp3) is 0.438. The van der Waals surface area contributed by atoms with Crippen LogP contribution in [0, 0.1) is 12.7 Å². The van der Waals surface area contributed by atoms with Gasteiger partial charge in [0.05, 0.1) is 22.7 Å². The third kappa shape index (κ3) is 2.28. The molecule has 6 nitrogen and oxygen atoms in total. The van der Waals surface area contributed by atoms with Crippen molar-refractivity contribution in [3.63, 3.8) is 0 Å². The first-order chi connectivity index (χ1) is 11.4. The molecule has 128 valence electrons. The van der Waals surface area contributed by atoms with Crippen LogP contribution < -0.4 is 10.2 Å². The predicted octanol–water partition coefficient (Wildman–Crippen LogP) is 1.07. The van der Waals surface area contributed by atoms with Gasteiger partial charge in [-0.25, -0.2) is 12.8 Å². The standard InChI is InChI=1S/C16H18FN3O3S/c1-10-12-8-11(17)9-13(19-4-6-24(22,23)7-5-19)15(12)20-3-2-18-16(21)14(10)20/h8-9H,2-7H2,1H3,(H,18,21). The molecule has 1 N–H and O–H groups in total. The molecular weight excluding hydrogens is 333 g/mol. The van der Waals surface area contributed by atoms with Crippen LogP contribution in [0.25, 0.3) is 10.9 Å². The molecule has 2 aliphatic heterocycles. The average Bonchev–Trinajstić information content (AvgIpc) is 2.81. The molecular formula is C16H18FN3O3S. The molecule has 1 aromatic carbocycles. The number of amides is 1. The van der Waals surface area contributed by atoms with Crippen molar-refractivity contribution in [3.05, 3.63) is 29.2 Å². The van der Waals surface area contributed by atoms with E-state index in [1.807, 2.05) is 16.4 Å². The van der Waals surface area contributed by atoms with Crippen LogP contribution in [0.3, 0.4) is 0 Å². The molecule has 0 unspecified atom stereocenters. The molecule has 0 spiro atoms. The first kappa shape index (κ1) is 15.4. The quantitative estimate of drug-likeness (QED) is 0.834. The summed E-state index contributed by atoms with van der Waals surface area (Å²) >= 11 is 0. The Morgan fingerprint density at radius 3 is 2.58 bits per heavy atom. The van der Waals surface area contributed by atoms with Crippen molar-refractivity contribution in [1.82, 2.24) is 9.88 Å². The van der Waals surface area contributed by atoms with Crippen molar-refractivity contribution >= 4 is 32.3 Å². The highest BCUT2D eigenvalue weighted by Gasteiger charge is 2.29. The number of sulfone groups is 1. The van der Waals surface area contributed by atoms with Crippen LogP contribution in [0.4, 0.5) is 10.1 Å². The van der Waals surface area contributed by atoms with E-state index in [9.17, 15) is 17.6 Å². The number of fused-ring (bicyclic) bond motifs is 3. The van der Waals surface area contributed by atoms with Gasteiger partial charge in [0, 0.05) is 31.6 Å². The summed E-state index contributed by atoms with van der Waals surface area (Å²) in [6.45, 7) is 3.65. The number of hydrogen-bond donors (Lipinski definition) is 1. The second kappa shape index (κ2) is 5.20. The van der Waals surface area contributed by atoms with Gasteiger partial charge < -0.3 is 14.8 Å². The molecule has 0 saturated carbocycles. The highest BCUT2D eigenvalue weighted by Crippen LogP contribution is 2.35. The molecule has 0 atom stereocenters. The van der Waals surface area contributed by atoms with E-state index in [-0.39, 0.29) is 23.2 Å². The normalized spacial score (nSPS) is 20.1. The summed E-state index contributed by atoms with van der Waals surface area (Å²) in [6, 6.07) is 2.90. The molecule has 8 heteroatoms. The van der Waals surface area contributed by atoms with E-state index in [0.29, 0.717) is 42.9 Å². The summed E-state index contributed by atoms with van der Waals surface area (Å²) in [5, 5.41) is 3.53. The van der Waals surface area contributed by atoms with Gasteiger partial charge >= 0.3 is 0 Å². The number of halogens is 1. The molecule has 1 fully saturated rings. The van der Waals surface area contributed by atoms with Crippen molar-refractivity contribution in [1.29, 1.82) is 0 Å². The van der Waals surface area contributed by atoms with Gasteiger partial charge in [0.25, 0.3) is 5.91 Å². The zero-order valence-electron chi connectivity index (χ0n) is 13.3. The van der Waals surface area contributed by atoms with Crippen molar-refractivity contribution < 1.29 is 17.6 Å². The molecule has 24 heavy (non-hydrogen) atoms. The molecule has 2 aliphatic rings. The SMILES string of the molecule is Cc1c2n(c3c(N4CCS(=O)(=O)CC4)cc(F)cc13)CCNC2=O. The zero-order chi connectivity index (χ0) is 17.1. The second-order valence-electron chi connectivity index (χ2n) is 6.34. The van der Waals surface area contributed by atoms with Crippen LogP contribution in [0.2, 0.25) is 0 Å². The lowest BCUT2D eigenvalue weighted by Crippen LogP contribution is -2.41. The van der Waals surface area contributed by atoms with Crippen LogP contribution in [0.1, 0.15) is 16.1 Å². The minimum Gasteiger partial charge on any atom is -0.368 e. The van der Waals surface area contributed by atoms with Gasteiger partial charge in [0.2, 0.25) is 0 Å². The van der Waals surface area contributed by atoms with E-state index >= 15 is 0 Å². The van der Waals surface area contributed by atoms with E-state index in [1.165, 1.54) is 12.1 Å². The van der Waals surface area contributed by atoms with Gasteiger partial charge in [0.15, 0.2) is 9.84 Å². The van der Waals surface area contributed by atoms with Gasteiger partial charge in [-0.15, -0.1) is 0 Å². The Bertz CT molecular complexity index is 951. The Morgan fingerprint density at radius 1 is 1.17 bits per heavy atom. The van der Waals surface area contributed by atoms with Crippen LogP contribution in [0.5, 0.6) is 0 Å². The number of carbonyl (C=O) groups is 1. The van der Waals surface area contributed by atoms with Crippen molar-refractivity contribution in [2.75, 3.05) is 36.0 Å². The van der Waals surface area contributed by atoms with E-state index in [0.717, 1.165) is 11.1 Å². The number of nitrogens with one attached hydrogen (secondary N) is 1. The fourth-order valence-electron chi connectivity index (χ4n) is 3.67. The number of aryl methyl sites for hydroxylation is 1. The summed E-state index contributed by atoms with van der Waals surface area (Å²) < 4.78 is 39.5. The Labute approximate surface area is 139 Å². The minimum absolute atomic E-state index is 0.0675. The summed E-state index contributed by atoms with van der Waals surface area (Å²) in [5.74, 6) is -0.393. The molecule has 1 saturated heterocycles. The maximum atomic E-state index is 14.2. The minimum atomic E-state index is -3.01. The molecule has 2 aromatic rings. The predicted molar refractivity (Wildman–Crippen MR) is 89.8 cm³/mol. The molecule has 1 amide bonds. The van der Waals surface area contributed by atoms with Gasteiger partial charge in [-0.3, -0.25) is 4.79 Å². The van der Waals surface area contributed by atoms with E-state index in [2.05, 4.69) is 5.32 Å². The summed E-state index contributed by atoms with van der Waals surface area (Å²) in [4.78, 5) is 14.1. The second-order valence-corrected chi connectivity index (χ2v) is 8.64. The smallest absolute Gasteiger partial charge is 0.268 e. The van der Waals surface area contributed by atoms with Crippen molar-refractivity contribution in [2.45, 2.75) is 13.5 Å². The number of anilines is 1. The Morgan fingerprint density at radius 2 is 1.88 bits per heavy atom. The number of benzene rings is 1. The largest absolute Gasteiger partial charge is 0.368 e. The van der Waals surface area contributed by atoms with E-state index < -0.39 is 9.84 Å². The van der Waals surface area contributed by atoms with Crippen LogP contribution >= 0.6 is 0 Å². The summed E-state index contributed by atoms with van der Waals surface area (Å²) in [5.41, 5.74) is 2.81. The highest BCUT2D eigenvalue weighted by atomic mass is 32.2. The van der Waals surface area contributed by atoms with Crippen molar-refractivity contribution in [2.24, 2.45) is 0 Å². The number of carbonyl (C=O) groups excluding carboxylic acids is 1. The number of nitrogens with zero attached hydrogens (tertiary/aromatic N) is 2. The topological polar surface area (TPSA) is 71.4 Å². The number of hydrogen-bond acceptors (Lipinski definition) is 4. The van der Waals surface area contributed by atoms with E-state index in [1.54, 1.807) is 0 Å². The summed E-state index contributed by atoms with van der Waals surface area (Å²) in [6.07, 6.45) is 0. The first-order valence-electron chi connectivity index (χ1n) is 7.93. The molecule has 0 aliphatic carbocycles. The fourth-order valence-corrected chi connectivity index (χ4v) is 4.87. The highest BCUT2D eigenvalue weighted by molar-refractivity contribution is 7.91. The number of rotatable bonds is 1. The summed E-state index contributed by atoms with van der Waals surface area (Å²) in [7, 11) is -3.01. The van der Waals surface area contributed by atoms with Crippen LogP contribution in [-0.4, -0.2) is 50.0 Å². The Hall–Kier alpha value is -2.09. The molecule has 3 heterocycles. The molecule has 1 aromatic heterocycles. The van der Waals surface area contributed by atoms with Crippen molar-refractivity contribution in [3.8, 4) is 0 Å². The average molecular weight is 351 g/mol. The Kier molecular flexibility index (Phi) is 3.35. The molecule has 4 rings (SSSR count). The van der Waals surface area contributed by atoms with E-state index in [4.69, 9.17) is 0 Å². The van der Waals surface area contributed by atoms with Gasteiger partial charge in [-0.05, 0) is 24.6 Å². The maximum absolute atomic E-state index is 14.2. The molecule has 0 bridgehead atoms. The monoisotopic (exact) mass is 351 g/mol. The third-order valence-electron chi connectivity index (χ3n) is 4.87. The zero-order valence-corrected chi connectivity index (χ0v) is 14.1. The first-order valence-corrected chi connectivity index (χ1v) is 9.75. The van der Waals surface area contributed by atoms with Gasteiger partial charge in [-0.2, -0.15) is 0 Å².